The molecule has 0 spiro atoms. The molecule has 1 aliphatic heterocycles. The molecule has 0 saturated carbocycles. The summed E-state index contributed by atoms with van der Waals surface area (Å²) in [5.41, 5.74) is 0. The van der Waals surface area contributed by atoms with Gasteiger partial charge in [0.05, 0.1) is 33.3 Å². The topological polar surface area (TPSA) is 29.8 Å². The number of hydrogen-bond donors (Lipinski definition) is 1. The number of methoxy groups -OCH3 is 1. The lowest BCUT2D eigenvalue weighted by Gasteiger charge is -2.34. The van der Waals surface area contributed by atoms with Crippen molar-refractivity contribution in [2.24, 2.45) is 0 Å². The number of hydrogen-bond acceptors (Lipinski definition) is 3. The second-order valence-corrected chi connectivity index (χ2v) is 3.77. The van der Waals surface area contributed by atoms with Crippen LogP contribution in [0.4, 0.5) is 5.82 Å². The Morgan fingerprint density at radius 2 is 2.20 bits per heavy atom. The summed E-state index contributed by atoms with van der Waals surface area (Å²) in [4.78, 5) is 7.96. The zero-order chi connectivity index (χ0) is 10.7. The van der Waals surface area contributed by atoms with E-state index in [2.05, 4.69) is 16.9 Å². The second kappa shape index (κ2) is 4.49. The molecular formula is C11H17N3O. The van der Waals surface area contributed by atoms with Crippen LogP contribution >= 0.6 is 0 Å². The fourth-order valence-electron chi connectivity index (χ4n) is 1.81. The van der Waals surface area contributed by atoms with Gasteiger partial charge in [0, 0.05) is 6.20 Å². The van der Waals surface area contributed by atoms with Crippen LogP contribution in [0.2, 0.25) is 0 Å². The van der Waals surface area contributed by atoms with E-state index in [0.29, 0.717) is 0 Å². The summed E-state index contributed by atoms with van der Waals surface area (Å²) in [6.45, 7) is 4.10. The van der Waals surface area contributed by atoms with Crippen LogP contribution in [0.3, 0.4) is 0 Å². The molecule has 1 fully saturated rings. The van der Waals surface area contributed by atoms with E-state index in [1.165, 1.54) is 4.90 Å². The first-order chi connectivity index (χ1) is 7.31. The van der Waals surface area contributed by atoms with E-state index in [4.69, 9.17) is 4.74 Å². The van der Waals surface area contributed by atoms with Gasteiger partial charge in [-0.2, -0.15) is 7.05 Å². The highest BCUT2D eigenvalue weighted by atomic mass is 16.5. The maximum Gasteiger partial charge on any atom is 0.171 e. The fraction of sp³-hybridized carbons (Fsp3) is 0.455. The lowest BCUT2D eigenvalue weighted by Crippen LogP contribution is -3.10. The summed E-state index contributed by atoms with van der Waals surface area (Å²) in [6, 6.07) is 3.84. The second-order valence-electron chi connectivity index (χ2n) is 3.77. The lowest BCUT2D eigenvalue weighted by molar-refractivity contribution is -0.854. The monoisotopic (exact) mass is 207 g/mol. The first-order valence-corrected chi connectivity index (χ1v) is 5.22. The third-order valence-corrected chi connectivity index (χ3v) is 2.74. The number of pyridine rings is 1. The highest BCUT2D eigenvalue weighted by molar-refractivity contribution is 5.52. The van der Waals surface area contributed by atoms with Crippen LogP contribution in [0.1, 0.15) is 0 Å². The van der Waals surface area contributed by atoms with Crippen molar-refractivity contribution >= 4 is 5.82 Å². The van der Waals surface area contributed by atoms with Gasteiger partial charge in [-0.25, -0.2) is 4.98 Å². The van der Waals surface area contributed by atoms with Crippen molar-refractivity contribution in [1.82, 2.24) is 4.98 Å². The Balaban J connectivity index is 2.15. The maximum absolute atomic E-state index is 5.30. The number of ether oxygens (including phenoxy) is 1. The summed E-state index contributed by atoms with van der Waals surface area (Å²) in [5, 5.41) is 0. The molecule has 82 valence electrons. The summed E-state index contributed by atoms with van der Waals surface area (Å²) in [7, 11) is 5.69. The molecule has 15 heavy (non-hydrogen) atoms. The molecule has 0 radical (unpaired) electrons. The van der Waals surface area contributed by atoms with Gasteiger partial charge >= 0.3 is 0 Å². The third-order valence-electron chi connectivity index (χ3n) is 2.74. The molecule has 1 aromatic heterocycles. The molecule has 0 bridgehead atoms. The van der Waals surface area contributed by atoms with Gasteiger partial charge in [0.15, 0.2) is 11.6 Å². The van der Waals surface area contributed by atoms with Crippen LogP contribution in [0.5, 0.6) is 5.75 Å². The fourth-order valence-corrected chi connectivity index (χ4v) is 1.81. The normalized spacial score (nSPS) is 17.9. The van der Waals surface area contributed by atoms with Crippen LogP contribution < -0.4 is 14.5 Å². The van der Waals surface area contributed by atoms with Crippen molar-refractivity contribution < 1.29 is 9.64 Å². The number of nitrogens with zero attached hydrogens (tertiary/aromatic N) is 2. The van der Waals surface area contributed by atoms with Gasteiger partial charge in [0.2, 0.25) is 0 Å². The average Bonchev–Trinajstić information content (AvgIpc) is 2.30. The van der Waals surface area contributed by atoms with Gasteiger partial charge in [0.1, 0.15) is 0 Å². The molecule has 4 heteroatoms. The minimum absolute atomic E-state index is 0.852. The van der Waals surface area contributed by atoms with Crippen molar-refractivity contribution in [2.45, 2.75) is 0 Å². The average molecular weight is 207 g/mol. The minimum atomic E-state index is 0.852. The molecule has 4 nitrogen and oxygen atoms in total. The van der Waals surface area contributed by atoms with E-state index in [0.717, 1.165) is 37.7 Å². The van der Waals surface area contributed by atoms with Crippen molar-refractivity contribution in [2.75, 3.05) is 38.2 Å². The molecular weight excluding hydrogens is 190 g/mol. The summed E-state index contributed by atoms with van der Waals surface area (Å²) in [6.07, 6.45) is 1.81. The van der Waals surface area contributed by atoms with Gasteiger partial charge in [-0.1, -0.05) is 0 Å². The molecule has 1 aliphatic rings. The molecule has 1 aromatic rings. The zero-order valence-corrected chi connectivity index (χ0v) is 9.07. The van der Waals surface area contributed by atoms with E-state index in [1.807, 2.05) is 12.1 Å². The van der Waals surface area contributed by atoms with Crippen molar-refractivity contribution in [3.63, 3.8) is 0 Å². The Morgan fingerprint density at radius 3 is 2.87 bits per heavy atom. The Morgan fingerprint density at radius 1 is 1.47 bits per heavy atom. The first-order valence-electron chi connectivity index (χ1n) is 5.22. The zero-order valence-electron chi connectivity index (χ0n) is 9.07. The van der Waals surface area contributed by atoms with E-state index in [1.54, 1.807) is 13.3 Å². The third kappa shape index (κ3) is 2.21. The van der Waals surface area contributed by atoms with Crippen LogP contribution in [0.15, 0.2) is 18.3 Å². The SMILES string of the molecule is [CH2-][NH+]1CCN(c2ncccc2OC)CC1. The molecule has 0 amide bonds. The summed E-state index contributed by atoms with van der Waals surface area (Å²) >= 11 is 0. The molecule has 1 N–H and O–H groups in total. The molecule has 0 aliphatic carbocycles. The molecule has 2 rings (SSSR count). The van der Waals surface area contributed by atoms with Crippen molar-refractivity contribution in [3.8, 4) is 5.75 Å². The van der Waals surface area contributed by atoms with E-state index < -0.39 is 0 Å². The quantitative estimate of drug-likeness (QED) is 0.668. The first kappa shape index (κ1) is 10.2. The molecule has 1 saturated heterocycles. The largest absolute Gasteiger partial charge is 0.493 e. The number of anilines is 1. The molecule has 0 aromatic carbocycles. The van der Waals surface area contributed by atoms with Gasteiger partial charge < -0.3 is 14.5 Å². The van der Waals surface area contributed by atoms with Gasteiger partial charge in [-0.05, 0) is 12.1 Å². The summed E-state index contributed by atoms with van der Waals surface area (Å²) in [5.74, 6) is 1.80. The number of quaternary nitrogens is 1. The van der Waals surface area contributed by atoms with Gasteiger partial charge in [-0.3, -0.25) is 0 Å². The maximum atomic E-state index is 5.30. The highest BCUT2D eigenvalue weighted by Crippen LogP contribution is 2.24. The Labute approximate surface area is 90.5 Å². The summed E-state index contributed by atoms with van der Waals surface area (Å²) < 4.78 is 5.30. The lowest BCUT2D eigenvalue weighted by atomic mass is 10.3. The Kier molecular flexibility index (Phi) is 3.06. The van der Waals surface area contributed by atoms with Crippen LogP contribution in [0, 0.1) is 7.05 Å². The molecule has 0 atom stereocenters. The van der Waals surface area contributed by atoms with Gasteiger partial charge in [-0.15, -0.1) is 0 Å². The van der Waals surface area contributed by atoms with E-state index >= 15 is 0 Å². The highest BCUT2D eigenvalue weighted by Gasteiger charge is 2.18. The van der Waals surface area contributed by atoms with Crippen molar-refractivity contribution in [3.05, 3.63) is 25.4 Å². The molecule has 0 unspecified atom stereocenters. The molecule has 2 heterocycles. The van der Waals surface area contributed by atoms with Crippen molar-refractivity contribution in [1.29, 1.82) is 0 Å². The minimum Gasteiger partial charge on any atom is -0.493 e. The number of rotatable bonds is 2. The predicted molar refractivity (Wildman–Crippen MR) is 59.1 cm³/mol. The van der Waals surface area contributed by atoms with Gasteiger partial charge in [0.25, 0.3) is 0 Å². The Hall–Kier alpha value is -1.29. The van der Waals surface area contributed by atoms with Crippen LogP contribution in [-0.4, -0.2) is 38.3 Å². The van der Waals surface area contributed by atoms with Crippen LogP contribution in [-0.2, 0) is 0 Å². The Bertz CT molecular complexity index is 321. The number of aromatic nitrogens is 1. The van der Waals surface area contributed by atoms with E-state index in [9.17, 15) is 0 Å². The number of nitrogens with one attached hydrogen (secondary N) is 1. The number of piperazine rings is 1. The van der Waals surface area contributed by atoms with Crippen LogP contribution in [0.25, 0.3) is 0 Å². The standard InChI is InChI=1S/C11H17N3O/c1-13-6-8-14(9-7-13)11-10(15-2)4-3-5-12-11/h3-5,13H,1,6-9H2,2H3. The predicted octanol–water partition coefficient (Wildman–Crippen LogP) is -0.413. The smallest absolute Gasteiger partial charge is 0.171 e. The van der Waals surface area contributed by atoms with E-state index in [-0.39, 0.29) is 0 Å².